The third-order valence-corrected chi connectivity index (χ3v) is 18.4. The molecule has 1 N–H and O–H groups in total. The van der Waals surface area contributed by atoms with E-state index in [4.69, 9.17) is 24.2 Å². The number of thiazole rings is 1. The number of likely N-dealkylation sites (tertiary alicyclic amines) is 1. The molecule has 7 heterocycles. The van der Waals surface area contributed by atoms with Crippen molar-refractivity contribution in [3.8, 4) is 22.5 Å². The van der Waals surface area contributed by atoms with Crippen LogP contribution in [-0.4, -0.2) is 107 Å². The Morgan fingerprint density at radius 3 is 2.74 bits per heavy atom. The maximum absolute atomic E-state index is 14.9. The zero-order chi connectivity index (χ0) is 43.0. The fourth-order valence-electron chi connectivity index (χ4n) is 9.88. The first-order valence-electron chi connectivity index (χ1n) is 21.3. The monoisotopic (exact) mass is 961 g/mol. The Morgan fingerprint density at radius 1 is 1.20 bits per heavy atom. The van der Waals surface area contributed by atoms with Crippen molar-refractivity contribution in [2.75, 3.05) is 40.0 Å². The molecule has 9 rings (SSSR count). The summed E-state index contributed by atoms with van der Waals surface area (Å²) in [5.41, 5.74) is 9.68. The van der Waals surface area contributed by atoms with Gasteiger partial charge in [-0.2, -0.15) is 0 Å². The van der Waals surface area contributed by atoms with Crippen LogP contribution in [0.5, 0.6) is 0 Å². The summed E-state index contributed by atoms with van der Waals surface area (Å²) in [6, 6.07) is 9.89. The topological polar surface area (TPSA) is 145 Å². The summed E-state index contributed by atoms with van der Waals surface area (Å²) in [5.74, 6) is -1.27. The van der Waals surface area contributed by atoms with E-state index in [0.29, 0.717) is 38.9 Å². The molecule has 6 bridgehead atoms. The van der Waals surface area contributed by atoms with Crippen LogP contribution < -0.4 is 26.6 Å². The van der Waals surface area contributed by atoms with Crippen LogP contribution in [0.4, 0.5) is 0 Å². The van der Waals surface area contributed by atoms with Gasteiger partial charge in [0.15, 0.2) is 0 Å². The summed E-state index contributed by atoms with van der Waals surface area (Å²) in [6.07, 6.45) is 4.05. The summed E-state index contributed by atoms with van der Waals surface area (Å²) in [6.45, 7) is 16.5. The number of rotatable bonds is 9. The van der Waals surface area contributed by atoms with Crippen molar-refractivity contribution in [2.24, 2.45) is 17.3 Å². The third-order valence-electron chi connectivity index (χ3n) is 13.3. The Hall–Kier alpha value is -4.03. The number of carbonyl (C=O) groups excluding carboxylic acids is 4. The van der Waals surface area contributed by atoms with Gasteiger partial charge in [0, 0.05) is 13.3 Å². The molecule has 3 aromatic heterocycles. The minimum absolute atomic E-state index is 0.0100. The van der Waals surface area contributed by atoms with Crippen LogP contribution >= 0.6 is 11.3 Å². The number of Topliss-reactive ketones (excluding diaryl/α,β-unsaturated/α-hetero) is 1. The number of hydrogen-bond donors (Lipinski definition) is 1. The van der Waals surface area contributed by atoms with Crippen LogP contribution in [0.25, 0.3) is 33.4 Å². The van der Waals surface area contributed by atoms with Crippen molar-refractivity contribution >= 4 is 45.8 Å². The van der Waals surface area contributed by atoms with Crippen molar-refractivity contribution in [1.29, 1.82) is 0 Å². The minimum atomic E-state index is -0.923. The van der Waals surface area contributed by atoms with Gasteiger partial charge >= 0.3 is 348 Å². The van der Waals surface area contributed by atoms with Crippen LogP contribution in [0.1, 0.15) is 75.7 Å². The average molecular weight is 962 g/mol. The molecule has 61 heavy (non-hydrogen) atoms. The Kier molecular flexibility index (Phi) is 11.3. The molecule has 1 aliphatic carbocycles. The molecule has 3 fully saturated rings. The van der Waals surface area contributed by atoms with Gasteiger partial charge in [-0.25, -0.2) is 0 Å². The van der Waals surface area contributed by atoms with E-state index in [0.717, 1.165) is 56.2 Å². The van der Waals surface area contributed by atoms with Gasteiger partial charge in [0.2, 0.25) is 0 Å². The molecule has 0 saturated carbocycles. The third kappa shape index (κ3) is 7.25. The number of fused-ring (bicyclic) bond motifs is 8. The van der Waals surface area contributed by atoms with Gasteiger partial charge in [-0.1, -0.05) is 0 Å². The maximum atomic E-state index is 14.9. The van der Waals surface area contributed by atoms with Gasteiger partial charge < -0.3 is 0 Å². The van der Waals surface area contributed by atoms with E-state index in [9.17, 15) is 19.2 Å². The zero-order valence-corrected chi connectivity index (χ0v) is 38.6. The molecule has 324 valence electrons. The Bertz CT molecular complexity index is 2420. The number of ketones is 1. The van der Waals surface area contributed by atoms with Gasteiger partial charge in [0.1, 0.15) is 0 Å². The van der Waals surface area contributed by atoms with Crippen LogP contribution in [0.15, 0.2) is 54.6 Å². The van der Waals surface area contributed by atoms with Gasteiger partial charge in [0.05, 0.1) is 0 Å². The Labute approximate surface area is 370 Å². The number of carbonyl (C=O) groups is 4. The number of ether oxygens (including phenoxy) is 3. The van der Waals surface area contributed by atoms with E-state index in [1.807, 2.05) is 26.1 Å². The number of hydrazine groups is 1. The number of nitrogens with one attached hydrogen (secondary N) is 1. The van der Waals surface area contributed by atoms with Gasteiger partial charge in [0.25, 0.3) is 0 Å². The van der Waals surface area contributed by atoms with Gasteiger partial charge in [-0.05, 0) is 6.07 Å². The van der Waals surface area contributed by atoms with Crippen molar-refractivity contribution in [2.45, 2.75) is 91.9 Å². The van der Waals surface area contributed by atoms with Crippen molar-refractivity contribution in [1.82, 2.24) is 29.9 Å². The summed E-state index contributed by atoms with van der Waals surface area (Å²) in [7, 11) is 1.72. The number of aromatic nitrogens is 3. The number of cyclic esters (lactones) is 1. The molecule has 4 aliphatic heterocycles. The Morgan fingerprint density at radius 2 is 2.00 bits per heavy atom. The number of benzene rings is 1. The first kappa shape index (κ1) is 42.3. The number of aryl methyl sites for hydroxylation is 1. The molecule has 4 aromatic rings. The first-order valence-corrected chi connectivity index (χ1v) is 24.6. The van der Waals surface area contributed by atoms with E-state index in [-0.39, 0.29) is 48.8 Å². The predicted molar refractivity (Wildman–Crippen MR) is 227 cm³/mol. The molecule has 6 atom stereocenters. The number of amides is 2. The second-order valence-electron chi connectivity index (χ2n) is 18.0. The molecular formula is C46H54IN6O7S-. The molecule has 1 spiro atoms. The summed E-state index contributed by atoms with van der Waals surface area (Å²) in [5, 5.41) is 5.55. The van der Waals surface area contributed by atoms with Crippen LogP contribution in [-0.2, 0) is 46.4 Å². The molecule has 2 unspecified atom stereocenters. The summed E-state index contributed by atoms with van der Waals surface area (Å²) >= 11 is 0.601. The molecule has 0 radical (unpaired) electrons. The summed E-state index contributed by atoms with van der Waals surface area (Å²) < 4.78 is 19.8. The molecule has 13 nitrogen and oxygen atoms in total. The van der Waals surface area contributed by atoms with Crippen molar-refractivity contribution in [3.05, 3.63) is 70.8 Å². The molecule has 2 amide bonds. The van der Waals surface area contributed by atoms with E-state index >= 15 is 0 Å². The molecule has 1 aromatic carbocycles. The molecular weight excluding hydrogens is 908 g/mol. The predicted octanol–water partition coefficient (Wildman–Crippen LogP) is 2.72. The number of pyridine rings is 1. The SMILES string of the molecule is C=CC(=O)N1CC(OC[C@H](C(=O)C2[I-][C@@]23Cc2nc(cs2)-c2ccc4c(c2)c2c(n4CC)-c4cccnc4[C@@H](OC)C2C(C)(C)COC(=O)[C@@H]2CCCN(N2)C3=O)C(C)C)C1. The van der Waals surface area contributed by atoms with Crippen LogP contribution in [0, 0.1) is 17.3 Å². The fourth-order valence-corrected chi connectivity index (χ4v) is 14.7. The number of methoxy groups -OCH3 is 1. The zero-order valence-electron chi connectivity index (χ0n) is 35.6. The number of esters is 1. The molecule has 15 heteroatoms. The molecule has 5 aliphatic rings. The van der Waals surface area contributed by atoms with Crippen LogP contribution in [0.2, 0.25) is 0 Å². The Balaban J connectivity index is 1.10. The number of halogens is 1. The van der Waals surface area contributed by atoms with E-state index in [1.165, 1.54) is 17.4 Å². The fraction of sp³-hybridized carbons (Fsp3) is 0.522. The van der Waals surface area contributed by atoms with Gasteiger partial charge in [-0.15, -0.1) is 0 Å². The molecule has 3 saturated heterocycles. The number of hydrogen-bond acceptors (Lipinski definition) is 11. The summed E-state index contributed by atoms with van der Waals surface area (Å²) in [4.78, 5) is 67.4. The second-order valence-corrected chi connectivity index (χ2v) is 22.7. The van der Waals surface area contributed by atoms with E-state index < -0.39 is 58.0 Å². The normalized spacial score (nSPS) is 26.5. The van der Waals surface area contributed by atoms with E-state index in [2.05, 4.69) is 67.0 Å². The number of alkyl halides is 2. The van der Waals surface area contributed by atoms with Crippen LogP contribution in [0.3, 0.4) is 0 Å². The van der Waals surface area contributed by atoms with Crippen molar-refractivity contribution in [3.63, 3.8) is 0 Å². The number of nitrogens with zero attached hydrogens (tertiary/aromatic N) is 5. The standard InChI is InChI=1S/C46H54IN6O7S/c1-8-35(54)51-20-27(21-51)59-22-30(25(3)4)40(55)42-46(47-42)19-34-49-32(23-61-34)26-14-15-33-29(18-26)36-37(41(58-7)38-28(12-10-16-48-38)39(36)52(33)9-2)45(5,6)24-60-43(56)31-13-11-17-53(50-31)44(46)57/h8,10,12,14-16,18,23,25,27,30-31,37,41-42,50H,1,9,11,13,17,19-22,24H2,2-7H3/q-1/t30-,31-,37?,41-,42?,46-/m0/s1. The first-order chi connectivity index (χ1) is 29.3. The average Bonchev–Trinajstić information content (AvgIpc) is 3.62. The van der Waals surface area contributed by atoms with Gasteiger partial charge in [-0.3, -0.25) is 4.98 Å². The van der Waals surface area contributed by atoms with E-state index in [1.54, 1.807) is 17.0 Å². The quantitative estimate of drug-likeness (QED) is 0.115. The van der Waals surface area contributed by atoms with Crippen molar-refractivity contribution < 1.29 is 54.6 Å². The second kappa shape index (κ2) is 16.3.